The monoisotopic (exact) mass is 724 g/mol. The molecule has 6 rings (SSSR count). The molecule has 1 N–H and O–H groups in total. The third-order valence-electron chi connectivity index (χ3n) is 6.57. The van der Waals surface area contributed by atoms with Gasteiger partial charge in [0, 0.05) is 39.4 Å². The molecule has 0 aliphatic rings. The van der Waals surface area contributed by atoms with E-state index in [1.165, 1.54) is 57.1 Å². The van der Waals surface area contributed by atoms with Crippen molar-refractivity contribution in [1.29, 1.82) is 0 Å². The Balaban J connectivity index is 0.000000413. The number of ketones is 1. The van der Waals surface area contributed by atoms with Crippen LogP contribution in [-0.2, 0) is 31.3 Å². The minimum Gasteiger partial charge on any atom is -0.512 e. The Morgan fingerprint density at radius 1 is 1.02 bits per heavy atom. The standard InChI is InChI=1S/C29H23N2S.C5H8O2.Ir/c1-18(2)15-19-16-24-23-9-6-14-30-29(23)32-28(24)25(17-19)27-13-11-22-21-8-5-4-7-20(21)10-12-26(22)31(27)3;1-4(6)3-5(2)7;/h4-14,16,18H,3,15H2,1-2H3;3,6H,1-2H3;/q-1;;/b;4-3-;. The largest absolute Gasteiger partial charge is 0.512 e. The quantitative estimate of drug-likeness (QED) is 0.0654. The molecule has 0 atom stereocenters. The second kappa shape index (κ2) is 12.3. The SMILES string of the molecule is CC(=O)/C=C(/C)O.[CH2-][n+]1c(-c2[c-]c(CC(C)C)cc3c2sc2ncccc23)ccc2c3ccccc3ccc21.[Ir]. The third-order valence-corrected chi connectivity index (χ3v) is 7.72. The summed E-state index contributed by atoms with van der Waals surface area (Å²) in [6.07, 6.45) is 4.04. The van der Waals surface area contributed by atoms with E-state index in [-0.39, 0.29) is 31.6 Å². The second-order valence-corrected chi connectivity index (χ2v) is 11.2. The average molecular weight is 724 g/mol. The van der Waals surface area contributed by atoms with Crippen molar-refractivity contribution in [3.63, 3.8) is 0 Å². The van der Waals surface area contributed by atoms with E-state index >= 15 is 0 Å². The van der Waals surface area contributed by atoms with Crippen LogP contribution in [0.1, 0.15) is 33.3 Å². The summed E-state index contributed by atoms with van der Waals surface area (Å²) in [5.74, 6) is 0.502. The molecule has 0 unspecified atom stereocenters. The molecule has 0 bridgehead atoms. The topological polar surface area (TPSA) is 54.1 Å². The zero-order valence-corrected chi connectivity index (χ0v) is 26.2. The fourth-order valence-electron chi connectivity index (χ4n) is 5.03. The summed E-state index contributed by atoms with van der Waals surface area (Å²) in [4.78, 5) is 15.7. The molecule has 0 spiro atoms. The van der Waals surface area contributed by atoms with Gasteiger partial charge in [-0.1, -0.05) is 67.3 Å². The van der Waals surface area contributed by atoms with E-state index in [2.05, 4.69) is 97.2 Å². The number of carbonyl (C=O) groups is 1. The van der Waals surface area contributed by atoms with Gasteiger partial charge in [0.05, 0.1) is 5.76 Å². The normalized spacial score (nSPS) is 11.6. The van der Waals surface area contributed by atoms with Crippen LogP contribution in [0.25, 0.3) is 53.2 Å². The zero-order valence-electron chi connectivity index (χ0n) is 23.0. The van der Waals surface area contributed by atoms with Gasteiger partial charge in [-0.05, 0) is 70.6 Å². The first-order chi connectivity index (χ1) is 18.7. The molecule has 4 nitrogen and oxygen atoms in total. The van der Waals surface area contributed by atoms with Crippen LogP contribution in [-0.4, -0.2) is 15.9 Å². The second-order valence-electron chi connectivity index (χ2n) is 10.2. The number of thiophene rings is 1. The van der Waals surface area contributed by atoms with Crippen molar-refractivity contribution >= 4 is 59.1 Å². The summed E-state index contributed by atoms with van der Waals surface area (Å²) in [6.45, 7) is 7.36. The summed E-state index contributed by atoms with van der Waals surface area (Å²) in [6, 6.07) is 27.6. The summed E-state index contributed by atoms with van der Waals surface area (Å²) in [5.41, 5.74) is 4.56. The summed E-state index contributed by atoms with van der Waals surface area (Å²) >= 11 is 1.74. The number of aliphatic hydroxyl groups is 1. The summed E-state index contributed by atoms with van der Waals surface area (Å²) < 4.78 is 3.30. The molecule has 6 heteroatoms. The molecule has 0 aliphatic heterocycles. The van der Waals surface area contributed by atoms with E-state index in [1.54, 1.807) is 11.3 Å². The van der Waals surface area contributed by atoms with Gasteiger partial charge < -0.3 is 9.67 Å². The molecule has 0 saturated heterocycles. The van der Waals surface area contributed by atoms with Crippen molar-refractivity contribution in [3.05, 3.63) is 103 Å². The fourth-order valence-corrected chi connectivity index (χ4v) is 6.16. The molecule has 40 heavy (non-hydrogen) atoms. The van der Waals surface area contributed by atoms with Crippen molar-refractivity contribution < 1.29 is 34.6 Å². The number of hydrogen-bond donors (Lipinski definition) is 1. The number of fused-ring (bicyclic) bond motifs is 6. The minimum atomic E-state index is -0.125. The van der Waals surface area contributed by atoms with E-state index in [0.29, 0.717) is 5.92 Å². The summed E-state index contributed by atoms with van der Waals surface area (Å²) in [5, 5.41) is 14.6. The predicted octanol–water partition coefficient (Wildman–Crippen LogP) is 8.38. The van der Waals surface area contributed by atoms with Crippen LogP contribution in [0.3, 0.4) is 0 Å². The molecule has 3 aromatic carbocycles. The van der Waals surface area contributed by atoms with Crippen LogP contribution in [0.2, 0.25) is 0 Å². The molecule has 1 radical (unpaired) electrons. The van der Waals surface area contributed by atoms with Crippen LogP contribution in [0.5, 0.6) is 0 Å². The van der Waals surface area contributed by atoms with Gasteiger partial charge in [0.1, 0.15) is 16.0 Å². The number of rotatable bonds is 4. The van der Waals surface area contributed by atoms with E-state index in [4.69, 9.17) is 5.11 Å². The molecule has 0 aliphatic carbocycles. The average Bonchev–Trinajstić information content (AvgIpc) is 3.26. The molecular formula is C34H31IrN2O2S-. The van der Waals surface area contributed by atoms with Crippen LogP contribution >= 0.6 is 11.3 Å². The van der Waals surface area contributed by atoms with Crippen LogP contribution in [0.15, 0.2) is 84.8 Å². The molecule has 205 valence electrons. The number of benzene rings is 3. The summed E-state index contributed by atoms with van der Waals surface area (Å²) in [7, 11) is 4.47. The first kappa shape index (κ1) is 29.4. The number of carbonyl (C=O) groups excluding carboxylic acids is 1. The molecule has 0 saturated carbocycles. The first-order valence-electron chi connectivity index (χ1n) is 13.0. The number of hydrogen-bond acceptors (Lipinski definition) is 4. The number of pyridine rings is 2. The van der Waals surface area contributed by atoms with Gasteiger partial charge in [0.25, 0.3) is 0 Å². The maximum absolute atomic E-state index is 10.0. The molecule has 3 heterocycles. The van der Waals surface area contributed by atoms with Gasteiger partial charge in [0.15, 0.2) is 5.78 Å². The molecule has 3 aromatic heterocycles. The van der Waals surface area contributed by atoms with Crippen molar-refractivity contribution in [2.45, 2.75) is 34.1 Å². The Kier molecular flexibility index (Phi) is 9.05. The Morgan fingerprint density at radius 2 is 1.77 bits per heavy atom. The minimum absolute atomic E-state index is 0. The molecule has 6 aromatic rings. The maximum Gasteiger partial charge on any atom is 0.155 e. The van der Waals surface area contributed by atoms with Crippen LogP contribution < -0.4 is 4.57 Å². The number of allylic oxidation sites excluding steroid dienone is 2. The van der Waals surface area contributed by atoms with Gasteiger partial charge >= 0.3 is 0 Å². The smallest absolute Gasteiger partial charge is 0.155 e. The molecular weight excluding hydrogens is 693 g/mol. The van der Waals surface area contributed by atoms with Crippen molar-refractivity contribution in [2.24, 2.45) is 5.92 Å². The van der Waals surface area contributed by atoms with E-state index in [9.17, 15) is 4.79 Å². The van der Waals surface area contributed by atoms with Gasteiger partial charge in [-0.2, -0.15) is 11.3 Å². The van der Waals surface area contributed by atoms with Gasteiger partial charge in [-0.25, -0.2) is 4.98 Å². The van der Waals surface area contributed by atoms with Gasteiger partial charge in [-0.3, -0.25) is 4.79 Å². The van der Waals surface area contributed by atoms with Gasteiger partial charge in [-0.15, -0.1) is 17.7 Å². The van der Waals surface area contributed by atoms with E-state index in [1.807, 2.05) is 12.3 Å². The van der Waals surface area contributed by atoms with Crippen LogP contribution in [0, 0.1) is 19.0 Å². The van der Waals surface area contributed by atoms with Gasteiger partial charge in [0.2, 0.25) is 0 Å². The predicted molar refractivity (Wildman–Crippen MR) is 163 cm³/mol. The van der Waals surface area contributed by atoms with Crippen molar-refractivity contribution in [1.82, 2.24) is 4.98 Å². The number of nitrogens with zero attached hydrogens (tertiary/aromatic N) is 2. The number of aromatic nitrogens is 2. The Morgan fingerprint density at radius 3 is 2.48 bits per heavy atom. The first-order valence-corrected chi connectivity index (χ1v) is 13.8. The van der Waals surface area contributed by atoms with Crippen molar-refractivity contribution in [2.75, 3.05) is 0 Å². The van der Waals surface area contributed by atoms with Crippen molar-refractivity contribution in [3.8, 4) is 11.3 Å². The van der Waals surface area contributed by atoms with E-state index < -0.39 is 0 Å². The Labute approximate surface area is 252 Å². The maximum atomic E-state index is 10.0. The zero-order chi connectivity index (χ0) is 27.7. The van der Waals surface area contributed by atoms with Crippen LogP contribution in [0.4, 0.5) is 0 Å². The fraction of sp³-hybridized carbons (Fsp3) is 0.176. The third kappa shape index (κ3) is 5.95. The molecule has 0 fully saturated rings. The molecule has 0 amide bonds. The van der Waals surface area contributed by atoms with E-state index in [0.717, 1.165) is 28.0 Å². The Hall–Kier alpha value is -3.57. The number of aliphatic hydroxyl groups excluding tert-OH is 1. The Bertz CT molecular complexity index is 1880.